The molecule has 0 fully saturated rings. The minimum Gasteiger partial charge on any atom is -0.289 e. The van der Waals surface area contributed by atoms with E-state index in [0.717, 1.165) is 11.3 Å². The van der Waals surface area contributed by atoms with Gasteiger partial charge in [0.25, 0.3) is 0 Å². The second kappa shape index (κ2) is 5.96. The molecule has 82 valence electrons. The molecule has 1 rings (SSSR count). The van der Waals surface area contributed by atoms with E-state index in [9.17, 15) is 4.79 Å². The van der Waals surface area contributed by atoms with Crippen LogP contribution in [0.3, 0.4) is 0 Å². The first kappa shape index (κ1) is 12.3. The van der Waals surface area contributed by atoms with Crippen LogP contribution in [0.15, 0.2) is 30.3 Å². The number of carbonyl (C=O) groups excluding carboxylic acids is 1. The minimum atomic E-state index is 0.237. The summed E-state index contributed by atoms with van der Waals surface area (Å²) in [6.45, 7) is 6.57. The van der Waals surface area contributed by atoms with Crippen molar-refractivity contribution in [3.8, 4) is 0 Å². The topological polar surface area (TPSA) is 17.1 Å². The van der Waals surface area contributed by atoms with E-state index in [4.69, 9.17) is 0 Å². The summed E-state index contributed by atoms with van der Waals surface area (Å²) in [7, 11) is 0.237. The van der Waals surface area contributed by atoms with Gasteiger partial charge in [-0.3, -0.25) is 4.79 Å². The standard InChI is InChI=1S/C13H19OS/c1-4-15(11(2)3)10-13(14)12-8-6-5-7-9-12/h5-9,11H,4,10H2,1-3H3/q+1. The first-order valence-electron chi connectivity index (χ1n) is 5.39. The lowest BCUT2D eigenvalue weighted by Crippen LogP contribution is -2.26. The number of ketones is 1. The molecule has 0 amide bonds. The van der Waals surface area contributed by atoms with Gasteiger partial charge in [-0.05, 0) is 31.7 Å². The third-order valence-corrected chi connectivity index (χ3v) is 5.16. The molecule has 0 aliphatic rings. The molecule has 15 heavy (non-hydrogen) atoms. The molecule has 0 N–H and O–H groups in total. The van der Waals surface area contributed by atoms with Gasteiger partial charge in [-0.25, -0.2) is 0 Å². The summed E-state index contributed by atoms with van der Waals surface area (Å²) in [5.74, 6) is 2.10. The lowest BCUT2D eigenvalue weighted by molar-refractivity contribution is 0.102. The molecule has 1 aromatic carbocycles. The summed E-state index contributed by atoms with van der Waals surface area (Å²) < 4.78 is 0. The molecule has 0 bridgehead atoms. The average molecular weight is 223 g/mol. The predicted octanol–water partition coefficient (Wildman–Crippen LogP) is 2.92. The second-order valence-electron chi connectivity index (χ2n) is 3.81. The van der Waals surface area contributed by atoms with Gasteiger partial charge in [0.2, 0.25) is 5.78 Å². The van der Waals surface area contributed by atoms with Gasteiger partial charge in [0, 0.05) is 5.56 Å². The summed E-state index contributed by atoms with van der Waals surface area (Å²) in [5, 5.41) is 0.614. The van der Waals surface area contributed by atoms with E-state index < -0.39 is 0 Å². The van der Waals surface area contributed by atoms with Crippen molar-refractivity contribution in [2.24, 2.45) is 0 Å². The number of rotatable bonds is 5. The highest BCUT2D eigenvalue weighted by molar-refractivity contribution is 7.98. The maximum atomic E-state index is 11.9. The van der Waals surface area contributed by atoms with E-state index in [1.165, 1.54) is 0 Å². The highest BCUT2D eigenvalue weighted by Crippen LogP contribution is 2.09. The van der Waals surface area contributed by atoms with Crippen molar-refractivity contribution in [2.75, 3.05) is 11.5 Å². The monoisotopic (exact) mass is 223 g/mol. The van der Waals surface area contributed by atoms with Crippen LogP contribution in [0.25, 0.3) is 0 Å². The molecule has 0 heterocycles. The van der Waals surface area contributed by atoms with Crippen molar-refractivity contribution in [1.29, 1.82) is 0 Å². The Bertz CT molecular complexity index is 306. The van der Waals surface area contributed by atoms with E-state index in [2.05, 4.69) is 20.8 Å². The van der Waals surface area contributed by atoms with Gasteiger partial charge in [-0.15, -0.1) is 0 Å². The third-order valence-electron chi connectivity index (χ3n) is 2.45. The van der Waals surface area contributed by atoms with Crippen LogP contribution in [0.2, 0.25) is 0 Å². The Labute approximate surface area is 95.2 Å². The number of Topliss-reactive ketones (excluding diaryl/α,β-unsaturated/α-hetero) is 1. The van der Waals surface area contributed by atoms with E-state index in [1.54, 1.807) is 0 Å². The van der Waals surface area contributed by atoms with Gasteiger partial charge in [0.15, 0.2) is 5.75 Å². The molecule has 0 saturated heterocycles. The lowest BCUT2D eigenvalue weighted by Gasteiger charge is -2.09. The normalized spacial score (nSPS) is 12.8. The molecule has 2 heteroatoms. The maximum Gasteiger partial charge on any atom is 0.211 e. The molecule has 0 saturated carbocycles. The minimum absolute atomic E-state index is 0.237. The fraction of sp³-hybridized carbons (Fsp3) is 0.462. The van der Waals surface area contributed by atoms with Gasteiger partial charge in [-0.2, -0.15) is 0 Å². The lowest BCUT2D eigenvalue weighted by atomic mass is 10.2. The first-order valence-corrected chi connectivity index (χ1v) is 7.02. The SMILES string of the molecule is CC[S+](CC(=O)c1ccccc1)C(C)C. The summed E-state index contributed by atoms with van der Waals surface area (Å²) in [6, 6.07) is 9.60. The van der Waals surface area contributed by atoms with E-state index >= 15 is 0 Å². The molecule has 0 radical (unpaired) electrons. The summed E-state index contributed by atoms with van der Waals surface area (Å²) in [5.41, 5.74) is 0.851. The Kier molecular flexibility index (Phi) is 4.89. The molecule has 0 aromatic heterocycles. The Hall–Kier alpha value is -0.760. The third kappa shape index (κ3) is 3.71. The first-order chi connectivity index (χ1) is 7.15. The smallest absolute Gasteiger partial charge is 0.211 e. The van der Waals surface area contributed by atoms with Crippen LogP contribution in [0, 0.1) is 0 Å². The van der Waals surface area contributed by atoms with Crippen LogP contribution in [-0.2, 0) is 10.9 Å². The van der Waals surface area contributed by atoms with Crippen molar-refractivity contribution in [3.63, 3.8) is 0 Å². The highest BCUT2D eigenvalue weighted by Gasteiger charge is 2.24. The van der Waals surface area contributed by atoms with E-state index in [1.807, 2.05) is 30.3 Å². The zero-order chi connectivity index (χ0) is 11.3. The van der Waals surface area contributed by atoms with Gasteiger partial charge in [0.1, 0.15) is 11.0 Å². The van der Waals surface area contributed by atoms with Crippen molar-refractivity contribution >= 4 is 16.7 Å². The average Bonchev–Trinajstić information content (AvgIpc) is 2.26. The van der Waals surface area contributed by atoms with Gasteiger partial charge in [-0.1, -0.05) is 30.3 Å². The molecule has 1 aromatic rings. The van der Waals surface area contributed by atoms with Crippen LogP contribution in [0.1, 0.15) is 31.1 Å². The summed E-state index contributed by atoms with van der Waals surface area (Å²) in [6.07, 6.45) is 0. The molecule has 0 aliphatic heterocycles. The molecule has 1 atom stereocenters. The quantitative estimate of drug-likeness (QED) is 0.554. The van der Waals surface area contributed by atoms with Crippen molar-refractivity contribution in [1.82, 2.24) is 0 Å². The molecular weight excluding hydrogens is 204 g/mol. The molecular formula is C13H19OS+. The zero-order valence-corrected chi connectivity index (χ0v) is 10.5. The van der Waals surface area contributed by atoms with Crippen molar-refractivity contribution < 1.29 is 4.79 Å². The van der Waals surface area contributed by atoms with Crippen LogP contribution in [0.5, 0.6) is 0 Å². The zero-order valence-electron chi connectivity index (χ0n) is 9.69. The highest BCUT2D eigenvalue weighted by atomic mass is 32.2. The van der Waals surface area contributed by atoms with Gasteiger partial charge in [0.05, 0.1) is 0 Å². The van der Waals surface area contributed by atoms with Gasteiger partial charge < -0.3 is 0 Å². The van der Waals surface area contributed by atoms with Crippen molar-refractivity contribution in [3.05, 3.63) is 35.9 Å². The fourth-order valence-electron chi connectivity index (χ4n) is 1.48. The largest absolute Gasteiger partial charge is 0.289 e. The fourth-order valence-corrected chi connectivity index (χ4v) is 3.19. The predicted molar refractivity (Wildman–Crippen MR) is 68.7 cm³/mol. The molecule has 1 unspecified atom stereocenters. The number of hydrogen-bond donors (Lipinski definition) is 0. The number of hydrogen-bond acceptors (Lipinski definition) is 1. The van der Waals surface area contributed by atoms with E-state index in [0.29, 0.717) is 11.0 Å². The van der Waals surface area contributed by atoms with Crippen LogP contribution in [-0.4, -0.2) is 22.5 Å². The number of carbonyl (C=O) groups is 1. The van der Waals surface area contributed by atoms with Gasteiger partial charge >= 0.3 is 0 Å². The Balaban J connectivity index is 2.63. The molecule has 0 aliphatic carbocycles. The van der Waals surface area contributed by atoms with E-state index in [-0.39, 0.29) is 16.7 Å². The molecule has 0 spiro atoms. The summed E-state index contributed by atoms with van der Waals surface area (Å²) in [4.78, 5) is 11.9. The van der Waals surface area contributed by atoms with Crippen LogP contribution in [0.4, 0.5) is 0 Å². The maximum absolute atomic E-state index is 11.9. The second-order valence-corrected chi connectivity index (χ2v) is 6.69. The number of benzene rings is 1. The Morgan fingerprint density at radius 1 is 1.27 bits per heavy atom. The van der Waals surface area contributed by atoms with Crippen LogP contribution >= 0.6 is 0 Å². The Morgan fingerprint density at radius 3 is 2.33 bits per heavy atom. The van der Waals surface area contributed by atoms with Crippen molar-refractivity contribution in [2.45, 2.75) is 26.0 Å². The summed E-state index contributed by atoms with van der Waals surface area (Å²) >= 11 is 0. The Morgan fingerprint density at radius 2 is 1.87 bits per heavy atom. The molecule has 1 nitrogen and oxygen atoms in total. The van der Waals surface area contributed by atoms with Crippen LogP contribution < -0.4 is 0 Å².